The van der Waals surface area contributed by atoms with Gasteiger partial charge in [-0.05, 0) is 37.0 Å². The number of carbonyl (C=O) groups excluding carboxylic acids is 1. The van der Waals surface area contributed by atoms with Crippen LogP contribution in [0.2, 0.25) is 0 Å². The second-order valence-corrected chi connectivity index (χ2v) is 8.28. The first-order valence-electron chi connectivity index (χ1n) is 7.43. The number of anilines is 1. The Bertz CT molecular complexity index is 673. The number of sulfone groups is 1. The van der Waals surface area contributed by atoms with E-state index in [1.165, 1.54) is 18.2 Å². The highest BCUT2D eigenvalue weighted by Crippen LogP contribution is 2.37. The molecule has 1 saturated heterocycles. The van der Waals surface area contributed by atoms with Crippen molar-refractivity contribution in [3.05, 3.63) is 30.1 Å². The van der Waals surface area contributed by atoms with E-state index >= 15 is 0 Å². The quantitative estimate of drug-likeness (QED) is 0.905. The van der Waals surface area contributed by atoms with Crippen LogP contribution < -0.4 is 5.32 Å². The average molecular weight is 326 g/mol. The molecule has 1 atom stereocenters. The molecule has 1 aromatic carbocycles. The molecule has 1 amide bonds. The van der Waals surface area contributed by atoms with Crippen molar-refractivity contribution in [2.45, 2.75) is 18.9 Å². The van der Waals surface area contributed by atoms with Crippen LogP contribution in [0.3, 0.4) is 0 Å². The third-order valence-corrected chi connectivity index (χ3v) is 5.86. The molecule has 0 unspecified atom stereocenters. The van der Waals surface area contributed by atoms with Crippen LogP contribution in [0.1, 0.15) is 12.8 Å². The zero-order chi connectivity index (χ0) is 15.7. The van der Waals surface area contributed by atoms with Gasteiger partial charge >= 0.3 is 0 Å². The Balaban J connectivity index is 1.62. The van der Waals surface area contributed by atoms with E-state index in [1.807, 2.05) is 4.90 Å². The molecule has 1 saturated carbocycles. The fourth-order valence-electron chi connectivity index (χ4n) is 2.93. The van der Waals surface area contributed by atoms with Gasteiger partial charge in [0.1, 0.15) is 5.82 Å². The summed E-state index contributed by atoms with van der Waals surface area (Å²) >= 11 is 0. The topological polar surface area (TPSA) is 66.5 Å². The first-order valence-corrected chi connectivity index (χ1v) is 9.25. The zero-order valence-corrected chi connectivity index (χ0v) is 13.0. The molecule has 0 bridgehead atoms. The molecular formula is C15H19FN2O3S. The predicted molar refractivity (Wildman–Crippen MR) is 81.8 cm³/mol. The minimum Gasteiger partial charge on any atom is -0.325 e. The summed E-state index contributed by atoms with van der Waals surface area (Å²) in [4.78, 5) is 14.1. The van der Waals surface area contributed by atoms with Crippen LogP contribution in [0, 0.1) is 11.7 Å². The molecule has 3 rings (SSSR count). The van der Waals surface area contributed by atoms with Crippen molar-refractivity contribution < 1.29 is 17.6 Å². The lowest BCUT2D eigenvalue weighted by Gasteiger charge is -2.35. The number of hydrogen-bond acceptors (Lipinski definition) is 4. The van der Waals surface area contributed by atoms with E-state index in [1.54, 1.807) is 6.07 Å². The summed E-state index contributed by atoms with van der Waals surface area (Å²) in [5.74, 6) is -0.0145. The van der Waals surface area contributed by atoms with Gasteiger partial charge < -0.3 is 5.32 Å². The molecule has 1 N–H and O–H groups in total. The zero-order valence-electron chi connectivity index (χ0n) is 12.2. The van der Waals surface area contributed by atoms with Crippen LogP contribution in [0.25, 0.3) is 0 Å². The van der Waals surface area contributed by atoms with Crippen molar-refractivity contribution in [1.29, 1.82) is 0 Å². The molecule has 1 aliphatic carbocycles. The van der Waals surface area contributed by atoms with Crippen LogP contribution in [-0.4, -0.2) is 49.9 Å². The monoisotopic (exact) mass is 326 g/mol. The van der Waals surface area contributed by atoms with E-state index in [0.29, 0.717) is 18.2 Å². The third kappa shape index (κ3) is 3.84. The Morgan fingerprint density at radius 2 is 2.14 bits per heavy atom. The second kappa shape index (κ2) is 5.96. The molecule has 22 heavy (non-hydrogen) atoms. The summed E-state index contributed by atoms with van der Waals surface area (Å²) in [7, 11) is -2.99. The van der Waals surface area contributed by atoms with Gasteiger partial charge in [-0.3, -0.25) is 9.69 Å². The average Bonchev–Trinajstić information content (AvgIpc) is 3.25. The molecule has 5 nitrogen and oxygen atoms in total. The van der Waals surface area contributed by atoms with E-state index < -0.39 is 15.7 Å². The summed E-state index contributed by atoms with van der Waals surface area (Å²) in [6, 6.07) is 5.67. The van der Waals surface area contributed by atoms with E-state index in [0.717, 1.165) is 12.8 Å². The SMILES string of the molecule is O=C(CN1CCS(=O)(=O)C[C@H]1C1CC1)Nc1cccc(F)c1. The minimum atomic E-state index is -2.99. The molecule has 2 aliphatic rings. The summed E-state index contributed by atoms with van der Waals surface area (Å²) < 4.78 is 36.7. The molecule has 7 heteroatoms. The van der Waals surface area contributed by atoms with Gasteiger partial charge in [-0.15, -0.1) is 0 Å². The third-order valence-electron chi connectivity index (χ3n) is 4.20. The lowest BCUT2D eigenvalue weighted by Crippen LogP contribution is -2.52. The second-order valence-electron chi connectivity index (χ2n) is 6.05. The Labute approximate surface area is 129 Å². The number of benzene rings is 1. The summed E-state index contributed by atoms with van der Waals surface area (Å²) in [6.45, 7) is 0.535. The summed E-state index contributed by atoms with van der Waals surface area (Å²) in [6.07, 6.45) is 2.06. The number of halogens is 1. The van der Waals surface area contributed by atoms with E-state index in [2.05, 4.69) is 5.32 Å². The van der Waals surface area contributed by atoms with Crippen LogP contribution in [-0.2, 0) is 14.6 Å². The predicted octanol–water partition coefficient (Wildman–Crippen LogP) is 1.27. The molecule has 1 aromatic rings. The molecule has 0 radical (unpaired) electrons. The van der Waals surface area contributed by atoms with Crippen molar-refractivity contribution in [3.8, 4) is 0 Å². The maximum Gasteiger partial charge on any atom is 0.238 e. The number of carbonyl (C=O) groups is 1. The molecule has 0 spiro atoms. The molecule has 0 aromatic heterocycles. The molecule has 1 heterocycles. The maximum atomic E-state index is 13.1. The molecule has 2 fully saturated rings. The highest BCUT2D eigenvalue weighted by Gasteiger charge is 2.41. The van der Waals surface area contributed by atoms with Gasteiger partial charge in [0.25, 0.3) is 0 Å². The minimum absolute atomic E-state index is 0.0583. The van der Waals surface area contributed by atoms with Crippen LogP contribution >= 0.6 is 0 Å². The Hall–Kier alpha value is -1.47. The Kier molecular flexibility index (Phi) is 4.18. The van der Waals surface area contributed by atoms with Gasteiger partial charge in [-0.25, -0.2) is 12.8 Å². The first kappa shape index (κ1) is 15.4. The first-order chi connectivity index (χ1) is 10.4. The van der Waals surface area contributed by atoms with E-state index in [-0.39, 0.29) is 30.0 Å². The fourth-order valence-corrected chi connectivity index (χ4v) is 4.62. The van der Waals surface area contributed by atoms with Crippen LogP contribution in [0.4, 0.5) is 10.1 Å². The van der Waals surface area contributed by atoms with Gasteiger partial charge in [0.05, 0.1) is 18.1 Å². The maximum absolute atomic E-state index is 13.1. The fraction of sp³-hybridized carbons (Fsp3) is 0.533. The number of nitrogens with one attached hydrogen (secondary N) is 1. The van der Waals surface area contributed by atoms with Gasteiger partial charge in [0, 0.05) is 18.3 Å². The summed E-state index contributed by atoms with van der Waals surface area (Å²) in [5.41, 5.74) is 0.414. The number of amides is 1. The van der Waals surface area contributed by atoms with Crippen molar-refractivity contribution in [2.75, 3.05) is 29.9 Å². The van der Waals surface area contributed by atoms with Crippen molar-refractivity contribution >= 4 is 21.4 Å². The molecular weight excluding hydrogens is 307 g/mol. The van der Waals surface area contributed by atoms with Crippen molar-refractivity contribution in [3.63, 3.8) is 0 Å². The van der Waals surface area contributed by atoms with E-state index in [4.69, 9.17) is 0 Å². The largest absolute Gasteiger partial charge is 0.325 e. The van der Waals surface area contributed by atoms with E-state index in [9.17, 15) is 17.6 Å². The normalized spacial score (nSPS) is 24.9. The van der Waals surface area contributed by atoms with Crippen LogP contribution in [0.5, 0.6) is 0 Å². The summed E-state index contributed by atoms with van der Waals surface area (Å²) in [5, 5.41) is 2.66. The van der Waals surface area contributed by atoms with Gasteiger partial charge in [-0.1, -0.05) is 6.07 Å². The van der Waals surface area contributed by atoms with Gasteiger partial charge in [0.15, 0.2) is 9.84 Å². The lowest BCUT2D eigenvalue weighted by atomic mass is 10.1. The van der Waals surface area contributed by atoms with Gasteiger partial charge in [-0.2, -0.15) is 0 Å². The highest BCUT2D eigenvalue weighted by molar-refractivity contribution is 7.91. The number of nitrogens with zero attached hydrogens (tertiary/aromatic N) is 1. The molecule has 1 aliphatic heterocycles. The Morgan fingerprint density at radius 1 is 1.36 bits per heavy atom. The lowest BCUT2D eigenvalue weighted by molar-refractivity contribution is -0.117. The molecule has 120 valence electrons. The standard InChI is InChI=1S/C15H19FN2O3S/c16-12-2-1-3-13(8-12)17-15(19)9-18-6-7-22(20,21)10-14(18)11-4-5-11/h1-3,8,11,14H,4-7,9-10H2,(H,17,19)/t14-/m0/s1. The van der Waals surface area contributed by atoms with Gasteiger partial charge in [0.2, 0.25) is 5.91 Å². The highest BCUT2D eigenvalue weighted by atomic mass is 32.2. The van der Waals surface area contributed by atoms with Crippen molar-refractivity contribution in [1.82, 2.24) is 4.90 Å². The number of rotatable bonds is 4. The number of hydrogen-bond donors (Lipinski definition) is 1. The Morgan fingerprint density at radius 3 is 2.82 bits per heavy atom. The smallest absolute Gasteiger partial charge is 0.238 e. The van der Waals surface area contributed by atoms with Crippen LogP contribution in [0.15, 0.2) is 24.3 Å². The van der Waals surface area contributed by atoms with Crippen molar-refractivity contribution in [2.24, 2.45) is 5.92 Å².